The molecule has 10 heteroatoms. The van der Waals surface area contributed by atoms with Gasteiger partial charge in [0.25, 0.3) is 5.69 Å². The minimum Gasteiger partial charge on any atom is -0.489 e. The highest BCUT2D eigenvalue weighted by molar-refractivity contribution is 6.30. The number of carbonyl (C=O) groups excluding carboxylic acids is 1. The number of hydrogen-bond acceptors (Lipinski definition) is 8. The number of esters is 1. The summed E-state index contributed by atoms with van der Waals surface area (Å²) in [5, 5.41) is 21.8. The van der Waals surface area contributed by atoms with E-state index in [2.05, 4.69) is 6.07 Å². The van der Waals surface area contributed by atoms with Gasteiger partial charge >= 0.3 is 5.97 Å². The first-order chi connectivity index (χ1) is 19.3. The number of nitriles is 1. The molecular formula is C30H20ClN3O6. The maximum Gasteiger partial charge on any atom is 0.350 e. The van der Waals surface area contributed by atoms with E-state index in [1.807, 2.05) is 36.4 Å². The molecule has 0 radical (unpaired) electrons. The average molecular weight is 554 g/mol. The van der Waals surface area contributed by atoms with Crippen molar-refractivity contribution in [2.75, 3.05) is 0 Å². The van der Waals surface area contributed by atoms with E-state index in [-0.39, 0.29) is 34.2 Å². The number of nitro benzene ring substituents is 1. The molecule has 0 spiro atoms. The van der Waals surface area contributed by atoms with Crippen molar-refractivity contribution in [2.24, 2.45) is 5.73 Å². The fourth-order valence-corrected chi connectivity index (χ4v) is 4.47. The lowest BCUT2D eigenvalue weighted by molar-refractivity contribution is -0.385. The zero-order valence-corrected chi connectivity index (χ0v) is 21.5. The molecule has 5 rings (SSSR count). The lowest BCUT2D eigenvalue weighted by Crippen LogP contribution is -2.21. The monoisotopic (exact) mass is 553 g/mol. The molecule has 4 aromatic carbocycles. The Bertz CT molecular complexity index is 1690. The molecule has 198 valence electrons. The molecule has 4 aromatic rings. The number of nitro groups is 1. The van der Waals surface area contributed by atoms with Gasteiger partial charge in [0.1, 0.15) is 41.1 Å². The van der Waals surface area contributed by atoms with Gasteiger partial charge in [-0.3, -0.25) is 10.1 Å². The molecule has 0 fully saturated rings. The molecule has 1 aliphatic heterocycles. The summed E-state index contributed by atoms with van der Waals surface area (Å²) in [6.07, 6.45) is 0. The van der Waals surface area contributed by atoms with Crippen LogP contribution in [0.15, 0.2) is 102 Å². The van der Waals surface area contributed by atoms with E-state index in [1.54, 1.807) is 18.2 Å². The van der Waals surface area contributed by atoms with Gasteiger partial charge in [-0.1, -0.05) is 54.1 Å². The number of rotatable bonds is 7. The van der Waals surface area contributed by atoms with Gasteiger partial charge in [0.2, 0.25) is 5.88 Å². The van der Waals surface area contributed by atoms with Crippen LogP contribution in [0.5, 0.6) is 17.2 Å². The van der Waals surface area contributed by atoms with Crippen LogP contribution in [0.2, 0.25) is 5.02 Å². The van der Waals surface area contributed by atoms with E-state index in [4.69, 9.17) is 31.5 Å². The van der Waals surface area contributed by atoms with E-state index in [9.17, 15) is 20.2 Å². The van der Waals surface area contributed by atoms with Crippen LogP contribution in [0.1, 0.15) is 33.0 Å². The van der Waals surface area contributed by atoms with Crippen molar-refractivity contribution < 1.29 is 23.9 Å². The molecular weight excluding hydrogens is 534 g/mol. The Morgan fingerprint density at radius 3 is 2.55 bits per heavy atom. The average Bonchev–Trinajstić information content (AvgIpc) is 2.96. The Labute approximate surface area is 233 Å². The summed E-state index contributed by atoms with van der Waals surface area (Å²) in [5.41, 5.74) is 8.07. The molecule has 40 heavy (non-hydrogen) atoms. The Kier molecular flexibility index (Phi) is 7.35. The lowest BCUT2D eigenvalue weighted by atomic mass is 9.83. The molecule has 1 unspecified atom stereocenters. The number of para-hydroxylation sites is 1. The van der Waals surface area contributed by atoms with Crippen molar-refractivity contribution in [1.29, 1.82) is 5.26 Å². The second-order valence-electron chi connectivity index (χ2n) is 8.78. The number of ether oxygens (including phenoxy) is 3. The van der Waals surface area contributed by atoms with Crippen LogP contribution >= 0.6 is 11.6 Å². The summed E-state index contributed by atoms with van der Waals surface area (Å²) in [7, 11) is 0. The molecule has 0 aliphatic carbocycles. The van der Waals surface area contributed by atoms with Crippen molar-refractivity contribution in [3.8, 4) is 23.3 Å². The van der Waals surface area contributed by atoms with Gasteiger partial charge in [-0.2, -0.15) is 5.26 Å². The number of fused-ring (bicyclic) bond motifs is 1. The number of halogens is 1. The van der Waals surface area contributed by atoms with Crippen LogP contribution in [-0.4, -0.2) is 10.9 Å². The topological polar surface area (TPSA) is 138 Å². The van der Waals surface area contributed by atoms with Crippen LogP contribution in [0, 0.1) is 21.4 Å². The summed E-state index contributed by atoms with van der Waals surface area (Å²) < 4.78 is 17.1. The minimum atomic E-state index is -0.897. The second-order valence-corrected chi connectivity index (χ2v) is 9.21. The predicted molar refractivity (Wildman–Crippen MR) is 146 cm³/mol. The van der Waals surface area contributed by atoms with Gasteiger partial charge in [-0.15, -0.1) is 0 Å². The van der Waals surface area contributed by atoms with E-state index < -0.39 is 16.8 Å². The Hall–Kier alpha value is -5.33. The van der Waals surface area contributed by atoms with Gasteiger partial charge in [-0.05, 0) is 47.5 Å². The Morgan fingerprint density at radius 2 is 1.80 bits per heavy atom. The first kappa shape index (κ1) is 26.3. The summed E-state index contributed by atoms with van der Waals surface area (Å²) in [4.78, 5) is 23.4. The number of hydrogen-bond donors (Lipinski definition) is 1. The van der Waals surface area contributed by atoms with Crippen LogP contribution in [0.4, 0.5) is 5.69 Å². The Morgan fingerprint density at radius 1 is 1.02 bits per heavy atom. The summed E-state index contributed by atoms with van der Waals surface area (Å²) in [6.45, 7) is 0.322. The third-order valence-electron chi connectivity index (χ3n) is 6.23. The SMILES string of the molecule is N#CC1=C(N)Oc2cc(OC(=O)c3ccccc3[N+](=O)[O-])ccc2C1c1cccc(OCc2ccc(Cl)cc2)c1. The van der Waals surface area contributed by atoms with Crippen molar-refractivity contribution in [1.82, 2.24) is 0 Å². The van der Waals surface area contributed by atoms with Gasteiger partial charge < -0.3 is 19.9 Å². The predicted octanol–water partition coefficient (Wildman–Crippen LogP) is 6.26. The standard InChI is InChI=1S/C30H20ClN3O6/c31-20-10-8-18(9-11-20)17-38-21-5-3-4-19(14-21)28-24-13-12-22(15-27(24)40-29(33)25(28)16-32)39-30(35)23-6-1-2-7-26(23)34(36)37/h1-15,28H,17,33H2. The van der Waals surface area contributed by atoms with E-state index in [0.717, 1.165) is 11.1 Å². The van der Waals surface area contributed by atoms with Crippen LogP contribution in [0.3, 0.4) is 0 Å². The Balaban J connectivity index is 1.42. The van der Waals surface area contributed by atoms with Crippen molar-refractivity contribution >= 4 is 23.3 Å². The van der Waals surface area contributed by atoms with Crippen LogP contribution in [0.25, 0.3) is 0 Å². The largest absolute Gasteiger partial charge is 0.489 e. The maximum absolute atomic E-state index is 12.7. The molecule has 0 amide bonds. The first-order valence-corrected chi connectivity index (χ1v) is 12.4. The summed E-state index contributed by atoms with van der Waals surface area (Å²) in [6, 6.07) is 26.9. The maximum atomic E-state index is 12.7. The first-order valence-electron chi connectivity index (χ1n) is 12.0. The summed E-state index contributed by atoms with van der Waals surface area (Å²) in [5.74, 6) is -0.601. The molecule has 1 atom stereocenters. The van der Waals surface area contributed by atoms with E-state index in [1.165, 1.54) is 36.4 Å². The van der Waals surface area contributed by atoms with Crippen molar-refractivity contribution in [3.63, 3.8) is 0 Å². The zero-order chi connectivity index (χ0) is 28.2. The van der Waals surface area contributed by atoms with Crippen molar-refractivity contribution in [3.05, 3.63) is 140 Å². The van der Waals surface area contributed by atoms with Crippen molar-refractivity contribution in [2.45, 2.75) is 12.5 Å². The molecule has 0 saturated carbocycles. The van der Waals surface area contributed by atoms with Crippen LogP contribution in [-0.2, 0) is 6.61 Å². The zero-order valence-electron chi connectivity index (χ0n) is 20.7. The number of nitrogens with two attached hydrogens (primary N) is 1. The van der Waals surface area contributed by atoms with Gasteiger partial charge in [0, 0.05) is 22.7 Å². The molecule has 0 bridgehead atoms. The third-order valence-corrected chi connectivity index (χ3v) is 6.48. The fraction of sp³-hybridized carbons (Fsp3) is 0.0667. The molecule has 0 aromatic heterocycles. The van der Waals surface area contributed by atoms with E-state index >= 15 is 0 Å². The van der Waals surface area contributed by atoms with E-state index in [0.29, 0.717) is 22.9 Å². The van der Waals surface area contributed by atoms with Crippen LogP contribution < -0.4 is 19.9 Å². The number of nitrogens with zero attached hydrogens (tertiary/aromatic N) is 2. The van der Waals surface area contributed by atoms with Gasteiger partial charge in [-0.25, -0.2) is 4.79 Å². The quantitative estimate of drug-likeness (QED) is 0.122. The van der Waals surface area contributed by atoms with Gasteiger partial charge in [0.15, 0.2) is 0 Å². The van der Waals surface area contributed by atoms with Gasteiger partial charge in [0.05, 0.1) is 10.8 Å². The molecule has 0 saturated heterocycles. The number of carbonyl (C=O) groups is 1. The molecule has 1 aliphatic rings. The second kappa shape index (κ2) is 11.2. The molecule has 1 heterocycles. The smallest absolute Gasteiger partial charge is 0.350 e. The highest BCUT2D eigenvalue weighted by Crippen LogP contribution is 2.44. The highest BCUT2D eigenvalue weighted by Gasteiger charge is 2.31. The number of benzene rings is 4. The molecule has 9 nitrogen and oxygen atoms in total. The molecule has 2 N–H and O–H groups in total. The minimum absolute atomic E-state index is 0.0883. The highest BCUT2D eigenvalue weighted by atomic mass is 35.5. The third kappa shape index (κ3) is 5.43. The summed E-state index contributed by atoms with van der Waals surface area (Å²) >= 11 is 5.96. The fourth-order valence-electron chi connectivity index (χ4n) is 4.34. The lowest BCUT2D eigenvalue weighted by Gasteiger charge is -2.27. The normalized spacial score (nSPS) is 13.9. The number of allylic oxidation sites excluding steroid dienone is 1.